The molecule has 16 heavy (non-hydrogen) atoms. The Balaban J connectivity index is 2.18. The quantitative estimate of drug-likeness (QED) is 0.667. The zero-order valence-corrected chi connectivity index (χ0v) is 9.58. The van der Waals surface area contributed by atoms with Crippen molar-refractivity contribution in [2.75, 3.05) is 6.54 Å². The van der Waals surface area contributed by atoms with Crippen molar-refractivity contribution in [3.05, 3.63) is 25.3 Å². The van der Waals surface area contributed by atoms with Crippen LogP contribution in [0.25, 0.3) is 0 Å². The fourth-order valence-corrected chi connectivity index (χ4v) is 2.08. The van der Waals surface area contributed by atoms with Crippen LogP contribution < -0.4 is 5.32 Å². The van der Waals surface area contributed by atoms with Crippen LogP contribution in [0.5, 0.6) is 0 Å². The van der Waals surface area contributed by atoms with Crippen molar-refractivity contribution in [3.63, 3.8) is 0 Å². The minimum absolute atomic E-state index is 0.127. The van der Waals surface area contributed by atoms with Gasteiger partial charge in [-0.25, -0.2) is 0 Å². The molecule has 0 aromatic heterocycles. The Labute approximate surface area is 96.6 Å². The SMILES string of the molecule is C=CC(=O)CC1CCC1CCNC(=O)C=C. The minimum atomic E-state index is -0.127. The second-order valence-electron chi connectivity index (χ2n) is 4.26. The molecule has 0 heterocycles. The first-order valence-corrected chi connectivity index (χ1v) is 5.73. The highest BCUT2D eigenvalue weighted by Crippen LogP contribution is 2.38. The number of carbonyl (C=O) groups is 2. The zero-order chi connectivity index (χ0) is 12.0. The third kappa shape index (κ3) is 3.65. The smallest absolute Gasteiger partial charge is 0.243 e. The minimum Gasteiger partial charge on any atom is -0.353 e. The summed E-state index contributed by atoms with van der Waals surface area (Å²) in [4.78, 5) is 22.1. The van der Waals surface area contributed by atoms with Gasteiger partial charge in [0.25, 0.3) is 0 Å². The Morgan fingerprint density at radius 2 is 1.88 bits per heavy atom. The van der Waals surface area contributed by atoms with Gasteiger partial charge in [-0.3, -0.25) is 9.59 Å². The van der Waals surface area contributed by atoms with E-state index in [2.05, 4.69) is 18.5 Å². The fraction of sp³-hybridized carbons (Fsp3) is 0.538. The largest absolute Gasteiger partial charge is 0.353 e. The van der Waals surface area contributed by atoms with Gasteiger partial charge in [-0.2, -0.15) is 0 Å². The third-order valence-electron chi connectivity index (χ3n) is 3.27. The topological polar surface area (TPSA) is 46.2 Å². The highest BCUT2D eigenvalue weighted by molar-refractivity contribution is 5.89. The molecule has 1 fully saturated rings. The fourth-order valence-electron chi connectivity index (χ4n) is 2.08. The van der Waals surface area contributed by atoms with Gasteiger partial charge in [0.2, 0.25) is 5.91 Å². The van der Waals surface area contributed by atoms with E-state index in [0.717, 1.165) is 12.8 Å². The second kappa shape index (κ2) is 6.26. The lowest BCUT2D eigenvalue weighted by molar-refractivity contribution is -0.118. The van der Waals surface area contributed by atoms with E-state index in [4.69, 9.17) is 0 Å². The molecule has 3 nitrogen and oxygen atoms in total. The highest BCUT2D eigenvalue weighted by Gasteiger charge is 2.31. The number of amides is 1. The lowest BCUT2D eigenvalue weighted by Crippen LogP contribution is -2.32. The van der Waals surface area contributed by atoms with Crippen molar-refractivity contribution >= 4 is 11.7 Å². The maximum Gasteiger partial charge on any atom is 0.243 e. The van der Waals surface area contributed by atoms with Gasteiger partial charge in [0.15, 0.2) is 5.78 Å². The van der Waals surface area contributed by atoms with E-state index in [1.807, 2.05) is 0 Å². The van der Waals surface area contributed by atoms with Gasteiger partial charge in [0, 0.05) is 13.0 Å². The van der Waals surface area contributed by atoms with Crippen LogP contribution in [0.2, 0.25) is 0 Å². The summed E-state index contributed by atoms with van der Waals surface area (Å²) >= 11 is 0. The first-order chi connectivity index (χ1) is 7.67. The van der Waals surface area contributed by atoms with Gasteiger partial charge in [-0.15, -0.1) is 0 Å². The van der Waals surface area contributed by atoms with E-state index < -0.39 is 0 Å². The van der Waals surface area contributed by atoms with Crippen LogP contribution in [0.3, 0.4) is 0 Å². The number of carbonyl (C=O) groups excluding carboxylic acids is 2. The van der Waals surface area contributed by atoms with Crippen LogP contribution >= 0.6 is 0 Å². The number of hydrogen-bond acceptors (Lipinski definition) is 2. The highest BCUT2D eigenvalue weighted by atomic mass is 16.1. The van der Waals surface area contributed by atoms with E-state index in [0.29, 0.717) is 24.8 Å². The van der Waals surface area contributed by atoms with Crippen molar-refractivity contribution in [1.29, 1.82) is 0 Å². The summed E-state index contributed by atoms with van der Waals surface area (Å²) in [6, 6.07) is 0. The number of hydrogen-bond donors (Lipinski definition) is 1. The molecule has 1 aliphatic carbocycles. The Hall–Kier alpha value is -1.38. The first-order valence-electron chi connectivity index (χ1n) is 5.73. The van der Waals surface area contributed by atoms with Crippen LogP contribution in [0.15, 0.2) is 25.3 Å². The monoisotopic (exact) mass is 221 g/mol. The first kappa shape index (κ1) is 12.7. The predicted octanol–water partition coefficient (Wildman–Crippen LogP) is 1.85. The molecule has 1 amide bonds. The van der Waals surface area contributed by atoms with E-state index in [9.17, 15) is 9.59 Å². The molecule has 1 aliphatic rings. The molecule has 0 spiro atoms. The maximum atomic E-state index is 11.2. The molecule has 0 bridgehead atoms. The van der Waals surface area contributed by atoms with Gasteiger partial charge in [-0.1, -0.05) is 13.2 Å². The molecule has 1 N–H and O–H groups in total. The normalized spacial score (nSPS) is 23.0. The number of ketones is 1. The molecule has 2 unspecified atom stereocenters. The molecule has 0 saturated heterocycles. The van der Waals surface area contributed by atoms with Crippen molar-refractivity contribution in [2.45, 2.75) is 25.7 Å². The van der Waals surface area contributed by atoms with Gasteiger partial charge in [-0.05, 0) is 43.3 Å². The summed E-state index contributed by atoms with van der Waals surface area (Å²) in [6.07, 6.45) is 6.53. The summed E-state index contributed by atoms with van der Waals surface area (Å²) < 4.78 is 0. The average molecular weight is 221 g/mol. The van der Waals surface area contributed by atoms with E-state index in [1.165, 1.54) is 18.6 Å². The molecular formula is C13H19NO2. The number of nitrogens with one attached hydrogen (secondary N) is 1. The van der Waals surface area contributed by atoms with Crippen molar-refractivity contribution in [2.24, 2.45) is 11.8 Å². The molecule has 1 rings (SSSR count). The second-order valence-corrected chi connectivity index (χ2v) is 4.26. The molecule has 0 aromatic carbocycles. The van der Waals surface area contributed by atoms with Crippen LogP contribution in [0.4, 0.5) is 0 Å². The molecular weight excluding hydrogens is 202 g/mol. The van der Waals surface area contributed by atoms with E-state index >= 15 is 0 Å². The Morgan fingerprint density at radius 3 is 2.38 bits per heavy atom. The number of allylic oxidation sites excluding steroid dienone is 1. The van der Waals surface area contributed by atoms with Crippen LogP contribution in [-0.2, 0) is 9.59 Å². The van der Waals surface area contributed by atoms with E-state index in [1.54, 1.807) is 0 Å². The van der Waals surface area contributed by atoms with Crippen molar-refractivity contribution in [3.8, 4) is 0 Å². The van der Waals surface area contributed by atoms with Gasteiger partial charge >= 0.3 is 0 Å². The molecule has 0 radical (unpaired) electrons. The van der Waals surface area contributed by atoms with Crippen molar-refractivity contribution in [1.82, 2.24) is 5.32 Å². The summed E-state index contributed by atoms with van der Waals surface area (Å²) in [7, 11) is 0. The molecule has 1 saturated carbocycles. The molecule has 3 heteroatoms. The molecule has 88 valence electrons. The van der Waals surface area contributed by atoms with Crippen LogP contribution in [0.1, 0.15) is 25.7 Å². The van der Waals surface area contributed by atoms with Crippen molar-refractivity contribution < 1.29 is 9.59 Å². The summed E-state index contributed by atoms with van der Waals surface area (Å²) in [5, 5.41) is 2.76. The Bertz CT molecular complexity index is 296. The summed E-state index contributed by atoms with van der Waals surface area (Å²) in [6.45, 7) is 7.54. The van der Waals surface area contributed by atoms with Gasteiger partial charge in [0.05, 0.1) is 0 Å². The number of rotatable bonds is 7. The Morgan fingerprint density at radius 1 is 1.19 bits per heavy atom. The van der Waals surface area contributed by atoms with Gasteiger partial charge in [0.1, 0.15) is 0 Å². The summed E-state index contributed by atoms with van der Waals surface area (Å²) in [5.41, 5.74) is 0. The molecule has 2 atom stereocenters. The lowest BCUT2D eigenvalue weighted by Gasteiger charge is -2.36. The average Bonchev–Trinajstić information content (AvgIpc) is 2.29. The molecule has 0 aliphatic heterocycles. The van der Waals surface area contributed by atoms with Crippen LogP contribution in [-0.4, -0.2) is 18.2 Å². The zero-order valence-electron chi connectivity index (χ0n) is 9.58. The van der Waals surface area contributed by atoms with Crippen LogP contribution in [0, 0.1) is 11.8 Å². The standard InChI is InChI=1S/C13H19NO2/c1-3-12(15)9-11-6-5-10(11)7-8-14-13(16)4-2/h3-4,10-11H,1-2,5-9H2,(H,14,16). The molecule has 0 aromatic rings. The maximum absolute atomic E-state index is 11.2. The predicted molar refractivity (Wildman–Crippen MR) is 63.9 cm³/mol. The van der Waals surface area contributed by atoms with E-state index in [-0.39, 0.29) is 11.7 Å². The summed E-state index contributed by atoms with van der Waals surface area (Å²) in [5.74, 6) is 1.07. The van der Waals surface area contributed by atoms with Gasteiger partial charge < -0.3 is 5.32 Å². The third-order valence-corrected chi connectivity index (χ3v) is 3.27. The Kier molecular flexibility index (Phi) is 4.96. The lowest BCUT2D eigenvalue weighted by atomic mass is 9.69.